The van der Waals surface area contributed by atoms with Crippen LogP contribution >= 0.6 is 0 Å². The highest BCUT2D eigenvalue weighted by molar-refractivity contribution is 5.82. The monoisotopic (exact) mass is 400 g/mol. The number of H-pyrrole nitrogens is 1. The standard InChI is InChI=1S/C23H24N6O/c1-16-8-7-11-18-14-19(23(30)24-20(16)18)21(28-12-5-6-13-28)22-25-26-27-29(22)15-17-9-3-2-4-10-17/h2-4,7-11,14,21H,5-6,12-13,15H2,1H3,(H,24,30)/t21-/m0/s1. The predicted molar refractivity (Wildman–Crippen MR) is 115 cm³/mol. The van der Waals surface area contributed by atoms with Crippen LogP contribution in [0.3, 0.4) is 0 Å². The molecule has 152 valence electrons. The summed E-state index contributed by atoms with van der Waals surface area (Å²) >= 11 is 0. The third-order valence-electron chi connectivity index (χ3n) is 5.90. The van der Waals surface area contributed by atoms with E-state index < -0.39 is 0 Å². The molecule has 5 rings (SSSR count). The molecule has 1 N–H and O–H groups in total. The zero-order valence-corrected chi connectivity index (χ0v) is 17.0. The molecule has 0 aliphatic carbocycles. The molecule has 1 fully saturated rings. The van der Waals surface area contributed by atoms with Crippen LogP contribution in [-0.2, 0) is 6.54 Å². The number of likely N-dealkylation sites (tertiary alicyclic amines) is 1. The maximum absolute atomic E-state index is 13.2. The number of aromatic amines is 1. The predicted octanol–water partition coefficient (Wildman–Crippen LogP) is 3.06. The minimum Gasteiger partial charge on any atom is -0.321 e. The number of nitrogens with one attached hydrogen (secondary N) is 1. The van der Waals surface area contributed by atoms with Crippen molar-refractivity contribution in [3.05, 3.63) is 87.5 Å². The van der Waals surface area contributed by atoms with E-state index >= 15 is 0 Å². The van der Waals surface area contributed by atoms with Crippen molar-refractivity contribution in [1.82, 2.24) is 30.1 Å². The van der Waals surface area contributed by atoms with Crippen LogP contribution in [-0.4, -0.2) is 43.2 Å². The van der Waals surface area contributed by atoms with Gasteiger partial charge in [-0.05, 0) is 65.9 Å². The zero-order chi connectivity index (χ0) is 20.5. The number of fused-ring (bicyclic) bond motifs is 1. The summed E-state index contributed by atoms with van der Waals surface area (Å²) in [7, 11) is 0. The molecule has 0 unspecified atom stereocenters. The number of benzene rings is 2. The average Bonchev–Trinajstić information content (AvgIpc) is 3.44. The zero-order valence-electron chi connectivity index (χ0n) is 17.0. The molecule has 30 heavy (non-hydrogen) atoms. The van der Waals surface area contributed by atoms with E-state index in [1.165, 1.54) is 0 Å². The molecule has 0 saturated carbocycles. The van der Waals surface area contributed by atoms with Gasteiger partial charge in [0.2, 0.25) is 0 Å². The van der Waals surface area contributed by atoms with Gasteiger partial charge in [0.05, 0.1) is 12.1 Å². The Morgan fingerprint density at radius 1 is 1.07 bits per heavy atom. The second-order valence-electron chi connectivity index (χ2n) is 7.92. The quantitative estimate of drug-likeness (QED) is 0.557. The number of tetrazole rings is 1. The molecule has 1 atom stereocenters. The maximum Gasteiger partial charge on any atom is 0.253 e. The first-order valence-electron chi connectivity index (χ1n) is 10.4. The first kappa shape index (κ1) is 18.7. The molecular formula is C23H24N6O. The number of hydrogen-bond acceptors (Lipinski definition) is 5. The lowest BCUT2D eigenvalue weighted by Gasteiger charge is -2.26. The Bertz CT molecular complexity index is 1220. The fourth-order valence-electron chi connectivity index (χ4n) is 4.38. The van der Waals surface area contributed by atoms with Crippen molar-refractivity contribution in [2.45, 2.75) is 32.4 Å². The summed E-state index contributed by atoms with van der Waals surface area (Å²) < 4.78 is 1.82. The highest BCUT2D eigenvalue weighted by atomic mass is 16.1. The second-order valence-corrected chi connectivity index (χ2v) is 7.92. The smallest absolute Gasteiger partial charge is 0.253 e. The fourth-order valence-corrected chi connectivity index (χ4v) is 4.38. The van der Waals surface area contributed by atoms with Crippen LogP contribution in [0.4, 0.5) is 0 Å². The Kier molecular flexibility index (Phi) is 4.88. The van der Waals surface area contributed by atoms with Crippen molar-refractivity contribution >= 4 is 10.9 Å². The molecule has 7 nitrogen and oxygen atoms in total. The van der Waals surface area contributed by atoms with Gasteiger partial charge in [-0.3, -0.25) is 9.69 Å². The van der Waals surface area contributed by atoms with Crippen molar-refractivity contribution in [2.75, 3.05) is 13.1 Å². The Balaban J connectivity index is 1.63. The van der Waals surface area contributed by atoms with E-state index in [9.17, 15) is 4.79 Å². The van der Waals surface area contributed by atoms with Crippen LogP contribution in [0, 0.1) is 6.92 Å². The van der Waals surface area contributed by atoms with Gasteiger partial charge in [0, 0.05) is 5.56 Å². The van der Waals surface area contributed by atoms with Gasteiger partial charge in [0.1, 0.15) is 6.04 Å². The topological polar surface area (TPSA) is 79.7 Å². The molecule has 1 aliphatic heterocycles. The number of hydrogen-bond donors (Lipinski definition) is 1. The molecule has 0 bridgehead atoms. The maximum atomic E-state index is 13.2. The molecule has 0 spiro atoms. The second kappa shape index (κ2) is 7.84. The van der Waals surface area contributed by atoms with Crippen LogP contribution in [0.25, 0.3) is 10.9 Å². The lowest BCUT2D eigenvalue weighted by atomic mass is 10.0. The van der Waals surface area contributed by atoms with Crippen LogP contribution in [0.1, 0.15) is 41.4 Å². The van der Waals surface area contributed by atoms with Crippen LogP contribution < -0.4 is 5.56 Å². The van der Waals surface area contributed by atoms with Crippen molar-refractivity contribution < 1.29 is 0 Å². The molecule has 4 aromatic rings. The molecule has 1 saturated heterocycles. The van der Waals surface area contributed by atoms with Gasteiger partial charge in [0.15, 0.2) is 5.82 Å². The minimum absolute atomic E-state index is 0.0806. The first-order valence-corrected chi connectivity index (χ1v) is 10.4. The van der Waals surface area contributed by atoms with Crippen molar-refractivity contribution in [2.24, 2.45) is 0 Å². The van der Waals surface area contributed by atoms with Crippen molar-refractivity contribution in [3.63, 3.8) is 0 Å². The third kappa shape index (κ3) is 3.41. The lowest BCUT2D eigenvalue weighted by molar-refractivity contribution is 0.263. The van der Waals surface area contributed by atoms with Gasteiger partial charge in [-0.1, -0.05) is 48.5 Å². The molecule has 7 heteroatoms. The summed E-state index contributed by atoms with van der Waals surface area (Å²) in [5.41, 5.74) is 3.68. The van der Waals surface area contributed by atoms with Crippen molar-refractivity contribution in [3.8, 4) is 0 Å². The summed E-state index contributed by atoms with van der Waals surface area (Å²) in [6, 6.07) is 17.9. The molecule has 0 radical (unpaired) electrons. The van der Waals surface area contributed by atoms with E-state index in [4.69, 9.17) is 0 Å². The number of aromatic nitrogens is 5. The van der Waals surface area contributed by atoms with Gasteiger partial charge in [-0.2, -0.15) is 0 Å². The Morgan fingerprint density at radius 3 is 2.67 bits per heavy atom. The lowest BCUT2D eigenvalue weighted by Crippen LogP contribution is -2.33. The third-order valence-corrected chi connectivity index (χ3v) is 5.90. The van der Waals surface area contributed by atoms with Gasteiger partial charge < -0.3 is 4.98 Å². The highest BCUT2D eigenvalue weighted by Crippen LogP contribution is 2.30. The molecule has 2 aromatic heterocycles. The van der Waals surface area contributed by atoms with Crippen LogP contribution in [0.5, 0.6) is 0 Å². The SMILES string of the molecule is Cc1cccc2cc([C@@H](c3nnnn3Cc3ccccc3)N3CCCC3)c(=O)[nH]c12. The molecule has 3 heterocycles. The largest absolute Gasteiger partial charge is 0.321 e. The highest BCUT2D eigenvalue weighted by Gasteiger charge is 2.32. The molecule has 0 amide bonds. The summed E-state index contributed by atoms with van der Waals surface area (Å²) in [4.78, 5) is 18.6. The molecule has 2 aromatic carbocycles. The van der Waals surface area contributed by atoms with E-state index in [0.717, 1.165) is 48.0 Å². The van der Waals surface area contributed by atoms with E-state index in [1.54, 1.807) is 0 Å². The Hall–Kier alpha value is -3.32. The number of rotatable bonds is 5. The van der Waals surface area contributed by atoms with E-state index in [-0.39, 0.29) is 11.6 Å². The first-order chi connectivity index (χ1) is 14.7. The summed E-state index contributed by atoms with van der Waals surface area (Å²) in [5.74, 6) is 0.707. The summed E-state index contributed by atoms with van der Waals surface area (Å²) in [6.07, 6.45) is 2.22. The Morgan fingerprint density at radius 2 is 1.87 bits per heavy atom. The van der Waals surface area contributed by atoms with Crippen LogP contribution in [0.2, 0.25) is 0 Å². The Labute approximate surface area is 174 Å². The van der Waals surface area contributed by atoms with Gasteiger partial charge in [-0.15, -0.1) is 5.10 Å². The summed E-state index contributed by atoms with van der Waals surface area (Å²) in [6.45, 7) is 4.43. The van der Waals surface area contributed by atoms with E-state index in [2.05, 4.69) is 37.5 Å². The number of aryl methyl sites for hydroxylation is 1. The summed E-state index contributed by atoms with van der Waals surface area (Å²) in [5, 5.41) is 13.6. The van der Waals surface area contributed by atoms with E-state index in [0.29, 0.717) is 17.9 Å². The molecule has 1 aliphatic rings. The van der Waals surface area contributed by atoms with Gasteiger partial charge in [-0.25, -0.2) is 4.68 Å². The number of pyridine rings is 1. The van der Waals surface area contributed by atoms with Crippen LogP contribution in [0.15, 0.2) is 59.4 Å². The van der Waals surface area contributed by atoms with Crippen molar-refractivity contribution in [1.29, 1.82) is 0 Å². The van der Waals surface area contributed by atoms with Gasteiger partial charge >= 0.3 is 0 Å². The number of para-hydroxylation sites is 1. The molecular weight excluding hydrogens is 376 g/mol. The minimum atomic E-state index is -0.278. The normalized spacial score (nSPS) is 15.6. The van der Waals surface area contributed by atoms with Gasteiger partial charge in [0.25, 0.3) is 5.56 Å². The average molecular weight is 400 g/mol. The number of nitrogens with zero attached hydrogens (tertiary/aromatic N) is 5. The van der Waals surface area contributed by atoms with E-state index in [1.807, 2.05) is 54.1 Å². The fraction of sp³-hybridized carbons (Fsp3) is 0.304.